The minimum Gasteiger partial charge on any atom is -0.511 e. The van der Waals surface area contributed by atoms with Crippen LogP contribution >= 0.6 is 0 Å². The number of sulfonamides is 1. The molecule has 2 aromatic carbocycles. The van der Waals surface area contributed by atoms with Gasteiger partial charge in [0.05, 0.1) is 10.5 Å². The standard InChI is InChI=1S/C27H33NO5S/c1-18-10-12-21(13-11-18)34(31,32)28-15-14-20-17-23(28)22(16-19-8-6-5-7-9-19)25(29)24(20)26(30)33-27(2,3)4/h5-13,20,22-23,29H,14-17H2,1-4H3/t20-,22-,23-/m1/s1. The largest absolute Gasteiger partial charge is 0.511 e. The topological polar surface area (TPSA) is 83.9 Å². The van der Waals surface area contributed by atoms with Crippen LogP contribution in [0, 0.1) is 18.8 Å². The van der Waals surface area contributed by atoms with Crippen LogP contribution in [0.25, 0.3) is 0 Å². The van der Waals surface area contributed by atoms with E-state index in [0.717, 1.165) is 11.1 Å². The molecule has 0 aromatic heterocycles. The van der Waals surface area contributed by atoms with Crippen LogP contribution in [0.1, 0.15) is 44.7 Å². The minimum absolute atomic E-state index is 0.0387. The van der Waals surface area contributed by atoms with E-state index in [9.17, 15) is 18.3 Å². The Kier molecular flexibility index (Phi) is 6.62. The fraction of sp³-hybridized carbons (Fsp3) is 0.444. The van der Waals surface area contributed by atoms with Crippen LogP contribution in [0.15, 0.2) is 70.8 Å². The van der Waals surface area contributed by atoms with Gasteiger partial charge in [-0.15, -0.1) is 0 Å². The summed E-state index contributed by atoms with van der Waals surface area (Å²) in [5, 5.41) is 11.4. The highest BCUT2D eigenvalue weighted by atomic mass is 32.2. The lowest BCUT2D eigenvalue weighted by atomic mass is 9.72. The third-order valence-electron chi connectivity index (χ3n) is 6.64. The number of hydrogen-bond acceptors (Lipinski definition) is 5. The number of nitrogens with zero attached hydrogens (tertiary/aromatic N) is 1. The van der Waals surface area contributed by atoms with Gasteiger partial charge in [-0.25, -0.2) is 13.2 Å². The van der Waals surface area contributed by atoms with Crippen molar-refractivity contribution in [3.05, 3.63) is 77.1 Å². The molecule has 0 saturated carbocycles. The van der Waals surface area contributed by atoms with E-state index < -0.39 is 33.6 Å². The lowest BCUT2D eigenvalue weighted by Crippen LogP contribution is -2.54. The Morgan fingerprint density at radius 3 is 2.35 bits per heavy atom. The maximum absolute atomic E-state index is 13.6. The number of carbonyl (C=O) groups excluding carboxylic acids is 1. The van der Waals surface area contributed by atoms with Crippen molar-refractivity contribution in [1.82, 2.24) is 4.31 Å². The van der Waals surface area contributed by atoms with Crippen LogP contribution in [0.2, 0.25) is 0 Å². The van der Waals surface area contributed by atoms with Gasteiger partial charge in [0.25, 0.3) is 0 Å². The second kappa shape index (κ2) is 9.19. The summed E-state index contributed by atoms with van der Waals surface area (Å²) in [5.74, 6) is -1.33. The molecular formula is C27H33NO5S. The second-order valence-electron chi connectivity index (χ2n) is 10.3. The van der Waals surface area contributed by atoms with Crippen LogP contribution in [0.5, 0.6) is 0 Å². The Morgan fingerprint density at radius 2 is 1.74 bits per heavy atom. The summed E-state index contributed by atoms with van der Waals surface area (Å²) in [6, 6.07) is 16.0. The molecule has 1 aliphatic carbocycles. The van der Waals surface area contributed by atoms with Crippen molar-refractivity contribution in [3.8, 4) is 0 Å². The van der Waals surface area contributed by atoms with Crippen molar-refractivity contribution < 1.29 is 23.1 Å². The summed E-state index contributed by atoms with van der Waals surface area (Å²) in [6.45, 7) is 7.60. The van der Waals surface area contributed by atoms with Crippen LogP contribution in [0.3, 0.4) is 0 Å². The number of aryl methyl sites for hydroxylation is 1. The SMILES string of the molecule is Cc1ccc(S(=O)(=O)N2CC[C@@H]3C[C@@H]2[C@@H](Cc2ccccc2)C(O)=C3C(=O)OC(C)(C)C)cc1. The molecule has 1 fully saturated rings. The summed E-state index contributed by atoms with van der Waals surface area (Å²) < 4.78 is 34.4. The molecule has 34 heavy (non-hydrogen) atoms. The first-order valence-electron chi connectivity index (χ1n) is 11.8. The highest BCUT2D eigenvalue weighted by molar-refractivity contribution is 7.89. The first-order valence-corrected chi connectivity index (χ1v) is 13.2. The van der Waals surface area contributed by atoms with E-state index in [4.69, 9.17) is 4.74 Å². The molecule has 2 bridgehead atoms. The molecular weight excluding hydrogens is 450 g/mol. The van der Waals surface area contributed by atoms with E-state index in [1.807, 2.05) is 37.3 Å². The fourth-order valence-electron chi connectivity index (χ4n) is 5.04. The summed E-state index contributed by atoms with van der Waals surface area (Å²) in [7, 11) is -3.76. The Hall–Kier alpha value is -2.64. The molecule has 1 N–H and O–H groups in total. The van der Waals surface area contributed by atoms with E-state index >= 15 is 0 Å². The molecule has 1 aliphatic heterocycles. The van der Waals surface area contributed by atoms with E-state index in [-0.39, 0.29) is 23.1 Å². The van der Waals surface area contributed by atoms with Crippen molar-refractivity contribution in [3.63, 3.8) is 0 Å². The molecule has 2 aliphatic rings. The van der Waals surface area contributed by atoms with Gasteiger partial charge in [0, 0.05) is 18.5 Å². The molecule has 0 radical (unpaired) electrons. The number of aliphatic hydroxyl groups is 1. The molecule has 1 saturated heterocycles. The molecule has 3 atom stereocenters. The zero-order valence-electron chi connectivity index (χ0n) is 20.2. The number of carbonyl (C=O) groups is 1. The molecule has 6 nitrogen and oxygen atoms in total. The average Bonchev–Trinajstić information content (AvgIpc) is 2.76. The Bertz CT molecular complexity index is 1180. The number of ether oxygens (including phenoxy) is 1. The summed E-state index contributed by atoms with van der Waals surface area (Å²) in [4.78, 5) is 13.3. The lowest BCUT2D eigenvalue weighted by molar-refractivity contribution is -0.151. The van der Waals surface area contributed by atoms with Gasteiger partial charge in [-0.1, -0.05) is 48.0 Å². The van der Waals surface area contributed by atoms with Crippen molar-refractivity contribution in [2.24, 2.45) is 11.8 Å². The number of rotatable bonds is 5. The third kappa shape index (κ3) is 4.91. The molecule has 0 spiro atoms. The first-order chi connectivity index (χ1) is 16.0. The summed E-state index contributed by atoms with van der Waals surface area (Å²) in [6.07, 6.45) is 1.36. The lowest BCUT2D eigenvalue weighted by Gasteiger charge is -2.46. The van der Waals surface area contributed by atoms with Gasteiger partial charge in [-0.3, -0.25) is 0 Å². The molecule has 182 valence electrons. The second-order valence-corrected chi connectivity index (χ2v) is 12.2. The van der Waals surface area contributed by atoms with Crippen molar-refractivity contribution in [1.29, 1.82) is 0 Å². The molecule has 4 rings (SSSR count). The molecule has 2 aromatic rings. The molecule has 0 unspecified atom stereocenters. The zero-order valence-corrected chi connectivity index (χ0v) is 21.0. The summed E-state index contributed by atoms with van der Waals surface area (Å²) >= 11 is 0. The fourth-order valence-corrected chi connectivity index (χ4v) is 6.73. The van der Waals surface area contributed by atoms with Gasteiger partial charge in [-0.05, 0) is 70.6 Å². The van der Waals surface area contributed by atoms with E-state index in [1.165, 1.54) is 4.31 Å². The monoisotopic (exact) mass is 483 g/mol. The van der Waals surface area contributed by atoms with E-state index in [0.29, 0.717) is 24.8 Å². The van der Waals surface area contributed by atoms with Gasteiger partial charge in [0.15, 0.2) is 0 Å². The van der Waals surface area contributed by atoms with Gasteiger partial charge >= 0.3 is 5.97 Å². The predicted molar refractivity (Wildman–Crippen MR) is 131 cm³/mol. The molecule has 7 heteroatoms. The van der Waals surface area contributed by atoms with Crippen LogP contribution in [0.4, 0.5) is 0 Å². The minimum atomic E-state index is -3.76. The predicted octanol–water partition coefficient (Wildman–Crippen LogP) is 4.79. The van der Waals surface area contributed by atoms with E-state index in [1.54, 1.807) is 45.0 Å². The van der Waals surface area contributed by atoms with Gasteiger partial charge in [0.1, 0.15) is 11.4 Å². The summed E-state index contributed by atoms with van der Waals surface area (Å²) in [5.41, 5.74) is 1.57. The maximum Gasteiger partial charge on any atom is 0.338 e. The maximum atomic E-state index is 13.6. The number of piperidine rings is 1. The number of hydrogen-bond donors (Lipinski definition) is 1. The smallest absolute Gasteiger partial charge is 0.338 e. The van der Waals surface area contributed by atoms with Gasteiger partial charge in [-0.2, -0.15) is 4.31 Å². The van der Waals surface area contributed by atoms with Gasteiger partial charge < -0.3 is 9.84 Å². The number of benzene rings is 2. The Morgan fingerprint density at radius 1 is 1.09 bits per heavy atom. The van der Waals surface area contributed by atoms with E-state index in [2.05, 4.69) is 0 Å². The first kappa shape index (κ1) is 24.5. The third-order valence-corrected chi connectivity index (χ3v) is 8.58. The van der Waals surface area contributed by atoms with Crippen molar-refractivity contribution in [2.75, 3.05) is 6.54 Å². The van der Waals surface area contributed by atoms with Crippen LogP contribution in [-0.4, -0.2) is 42.0 Å². The molecule has 1 heterocycles. The highest BCUT2D eigenvalue weighted by Gasteiger charge is 2.49. The highest BCUT2D eigenvalue weighted by Crippen LogP contribution is 2.45. The van der Waals surface area contributed by atoms with Crippen molar-refractivity contribution in [2.45, 2.75) is 63.5 Å². The number of esters is 1. The quantitative estimate of drug-likeness (QED) is 0.618. The van der Waals surface area contributed by atoms with Crippen LogP contribution < -0.4 is 0 Å². The van der Waals surface area contributed by atoms with Crippen molar-refractivity contribution >= 4 is 16.0 Å². The normalized spacial score (nSPS) is 23.6. The molecule has 0 amide bonds. The Labute approximate surface area is 202 Å². The Balaban J connectivity index is 1.75. The number of aliphatic hydroxyl groups excluding tert-OH is 1. The number of fused-ring (bicyclic) bond motifs is 2. The van der Waals surface area contributed by atoms with Crippen LogP contribution in [-0.2, 0) is 26.0 Å². The average molecular weight is 484 g/mol. The van der Waals surface area contributed by atoms with Gasteiger partial charge in [0.2, 0.25) is 10.0 Å². The zero-order chi connectivity index (χ0) is 24.7.